The number of thiazole rings is 1. The molecule has 15 heavy (non-hydrogen) atoms. The molecule has 0 bridgehead atoms. The Labute approximate surface area is 98.7 Å². The summed E-state index contributed by atoms with van der Waals surface area (Å²) in [5.74, 6) is 0.405. The summed E-state index contributed by atoms with van der Waals surface area (Å²) in [6, 6.07) is 8.04. The van der Waals surface area contributed by atoms with Crippen molar-refractivity contribution in [2.75, 3.05) is 0 Å². The third kappa shape index (κ3) is 2.39. The monoisotopic (exact) mass is 237 g/mol. The van der Waals surface area contributed by atoms with Crippen molar-refractivity contribution >= 4 is 22.9 Å². The Morgan fingerprint density at radius 3 is 2.60 bits per heavy atom. The summed E-state index contributed by atoms with van der Waals surface area (Å²) in [6.45, 7) is 2.18. The van der Waals surface area contributed by atoms with Crippen LogP contribution in [0.25, 0.3) is 0 Å². The highest BCUT2D eigenvalue weighted by molar-refractivity contribution is 7.09. The van der Waals surface area contributed by atoms with Crippen molar-refractivity contribution in [2.24, 2.45) is 0 Å². The highest BCUT2D eigenvalue weighted by Gasteiger charge is 2.13. The minimum atomic E-state index is 0.405. The first-order chi connectivity index (χ1) is 7.31. The molecule has 0 N–H and O–H groups in total. The molecule has 2 aromatic rings. The molecule has 1 atom stereocenters. The Morgan fingerprint density at radius 1 is 1.33 bits per heavy atom. The first kappa shape index (κ1) is 10.7. The van der Waals surface area contributed by atoms with E-state index in [-0.39, 0.29) is 0 Å². The molecule has 1 nitrogen and oxygen atoms in total. The van der Waals surface area contributed by atoms with Crippen molar-refractivity contribution in [1.82, 2.24) is 4.98 Å². The van der Waals surface area contributed by atoms with E-state index in [2.05, 4.69) is 24.0 Å². The number of halogens is 1. The SMILES string of the molecule is CCC(c1ccc(Cl)cc1)c1nccs1. The van der Waals surface area contributed by atoms with Gasteiger partial charge in [-0.1, -0.05) is 30.7 Å². The summed E-state index contributed by atoms with van der Waals surface area (Å²) >= 11 is 7.58. The Hall–Kier alpha value is -0.860. The number of aromatic nitrogens is 1. The highest BCUT2D eigenvalue weighted by atomic mass is 35.5. The maximum atomic E-state index is 5.87. The fourth-order valence-corrected chi connectivity index (χ4v) is 2.63. The van der Waals surface area contributed by atoms with E-state index in [1.165, 1.54) is 10.6 Å². The summed E-state index contributed by atoms with van der Waals surface area (Å²) in [5, 5.41) is 3.99. The van der Waals surface area contributed by atoms with Gasteiger partial charge in [0.25, 0.3) is 0 Å². The van der Waals surface area contributed by atoms with Crippen LogP contribution >= 0.6 is 22.9 Å². The number of nitrogens with zero attached hydrogens (tertiary/aromatic N) is 1. The zero-order valence-corrected chi connectivity index (χ0v) is 10.1. The molecule has 0 fully saturated rings. The van der Waals surface area contributed by atoms with Gasteiger partial charge >= 0.3 is 0 Å². The van der Waals surface area contributed by atoms with Gasteiger partial charge in [0.1, 0.15) is 0 Å². The average Bonchev–Trinajstić information content (AvgIpc) is 2.75. The molecule has 3 heteroatoms. The normalized spacial score (nSPS) is 12.7. The second-order valence-corrected chi connectivity index (χ2v) is 4.75. The predicted molar refractivity (Wildman–Crippen MR) is 65.7 cm³/mol. The molecular weight excluding hydrogens is 226 g/mol. The van der Waals surface area contributed by atoms with E-state index in [1.807, 2.05) is 23.7 Å². The lowest BCUT2D eigenvalue weighted by atomic mass is 9.97. The van der Waals surface area contributed by atoms with E-state index in [9.17, 15) is 0 Å². The summed E-state index contributed by atoms with van der Waals surface area (Å²) in [5.41, 5.74) is 1.29. The van der Waals surface area contributed by atoms with E-state index in [4.69, 9.17) is 11.6 Å². The third-order valence-corrected chi connectivity index (χ3v) is 3.57. The Balaban J connectivity index is 2.31. The summed E-state index contributed by atoms with van der Waals surface area (Å²) in [4.78, 5) is 4.37. The minimum Gasteiger partial charge on any atom is -0.249 e. The van der Waals surface area contributed by atoms with Crippen LogP contribution in [0, 0.1) is 0 Å². The molecule has 1 aromatic heterocycles. The number of benzene rings is 1. The van der Waals surface area contributed by atoms with Gasteiger partial charge in [0.05, 0.1) is 5.01 Å². The summed E-state index contributed by atoms with van der Waals surface area (Å²) < 4.78 is 0. The van der Waals surface area contributed by atoms with Crippen LogP contribution in [0.1, 0.15) is 29.8 Å². The topological polar surface area (TPSA) is 12.9 Å². The molecule has 0 saturated heterocycles. The summed E-state index contributed by atoms with van der Waals surface area (Å²) in [6.07, 6.45) is 2.92. The van der Waals surface area contributed by atoms with Crippen molar-refractivity contribution in [3.05, 3.63) is 51.4 Å². The van der Waals surface area contributed by atoms with Crippen LogP contribution in [-0.4, -0.2) is 4.98 Å². The maximum absolute atomic E-state index is 5.87. The van der Waals surface area contributed by atoms with Crippen LogP contribution < -0.4 is 0 Å². The fraction of sp³-hybridized carbons (Fsp3) is 0.250. The fourth-order valence-electron chi connectivity index (χ4n) is 1.65. The zero-order valence-electron chi connectivity index (χ0n) is 8.48. The molecule has 1 aromatic carbocycles. The molecule has 1 heterocycles. The van der Waals surface area contributed by atoms with Gasteiger partial charge in [-0.25, -0.2) is 4.98 Å². The van der Waals surface area contributed by atoms with Crippen LogP contribution in [0.4, 0.5) is 0 Å². The Kier molecular flexibility index (Phi) is 3.39. The van der Waals surface area contributed by atoms with Crippen molar-refractivity contribution in [1.29, 1.82) is 0 Å². The van der Waals surface area contributed by atoms with Gasteiger partial charge in [-0.2, -0.15) is 0 Å². The third-order valence-electron chi connectivity index (χ3n) is 2.43. The van der Waals surface area contributed by atoms with Crippen LogP contribution in [-0.2, 0) is 0 Å². The Bertz CT molecular complexity index is 408. The van der Waals surface area contributed by atoms with Gasteiger partial charge in [-0.15, -0.1) is 11.3 Å². The van der Waals surface area contributed by atoms with E-state index in [0.717, 1.165) is 11.4 Å². The molecule has 0 amide bonds. The van der Waals surface area contributed by atoms with Crippen LogP contribution in [0.15, 0.2) is 35.8 Å². The number of rotatable bonds is 3. The van der Waals surface area contributed by atoms with Gasteiger partial charge in [0.15, 0.2) is 0 Å². The van der Waals surface area contributed by atoms with E-state index >= 15 is 0 Å². The summed E-state index contributed by atoms with van der Waals surface area (Å²) in [7, 11) is 0. The van der Waals surface area contributed by atoms with Gasteiger partial charge in [0.2, 0.25) is 0 Å². The van der Waals surface area contributed by atoms with E-state index < -0.39 is 0 Å². The quantitative estimate of drug-likeness (QED) is 0.774. The van der Waals surface area contributed by atoms with Crippen molar-refractivity contribution in [3.8, 4) is 0 Å². The van der Waals surface area contributed by atoms with Crippen LogP contribution in [0.3, 0.4) is 0 Å². The van der Waals surface area contributed by atoms with Gasteiger partial charge in [-0.05, 0) is 24.1 Å². The number of hydrogen-bond acceptors (Lipinski definition) is 2. The lowest BCUT2D eigenvalue weighted by molar-refractivity contribution is 0.769. The Morgan fingerprint density at radius 2 is 2.07 bits per heavy atom. The predicted octanol–water partition coefficient (Wildman–Crippen LogP) is 4.34. The molecule has 0 aliphatic heterocycles. The molecule has 1 unspecified atom stereocenters. The first-order valence-electron chi connectivity index (χ1n) is 4.96. The highest BCUT2D eigenvalue weighted by Crippen LogP contribution is 2.29. The van der Waals surface area contributed by atoms with Gasteiger partial charge in [0, 0.05) is 22.5 Å². The second kappa shape index (κ2) is 4.77. The molecule has 0 aliphatic carbocycles. The van der Waals surface area contributed by atoms with Crippen molar-refractivity contribution in [2.45, 2.75) is 19.3 Å². The van der Waals surface area contributed by atoms with Crippen molar-refractivity contribution in [3.63, 3.8) is 0 Å². The molecule has 0 radical (unpaired) electrons. The smallest absolute Gasteiger partial charge is 0.0999 e. The lowest BCUT2D eigenvalue weighted by Gasteiger charge is -2.12. The molecule has 0 spiro atoms. The zero-order chi connectivity index (χ0) is 10.7. The van der Waals surface area contributed by atoms with Crippen LogP contribution in [0.2, 0.25) is 5.02 Å². The minimum absolute atomic E-state index is 0.405. The molecule has 2 rings (SSSR count). The lowest BCUT2D eigenvalue weighted by Crippen LogP contribution is -1.98. The average molecular weight is 238 g/mol. The molecule has 0 aliphatic rings. The standard InChI is InChI=1S/C12H12ClNS/c1-2-11(12-14-7-8-15-12)9-3-5-10(13)6-4-9/h3-8,11H,2H2,1H3. The molecule has 78 valence electrons. The first-order valence-corrected chi connectivity index (χ1v) is 6.22. The maximum Gasteiger partial charge on any atom is 0.0999 e. The molecule has 0 saturated carbocycles. The molecular formula is C12H12ClNS. The van der Waals surface area contributed by atoms with Gasteiger partial charge < -0.3 is 0 Å². The largest absolute Gasteiger partial charge is 0.249 e. The van der Waals surface area contributed by atoms with Crippen molar-refractivity contribution < 1.29 is 0 Å². The second-order valence-electron chi connectivity index (χ2n) is 3.38. The van der Waals surface area contributed by atoms with Gasteiger partial charge in [-0.3, -0.25) is 0 Å². The van der Waals surface area contributed by atoms with Crippen LogP contribution in [0.5, 0.6) is 0 Å². The van der Waals surface area contributed by atoms with E-state index in [0.29, 0.717) is 5.92 Å². The van der Waals surface area contributed by atoms with E-state index in [1.54, 1.807) is 11.3 Å². The number of hydrogen-bond donors (Lipinski definition) is 0.